The topological polar surface area (TPSA) is 128 Å². The lowest BCUT2D eigenvalue weighted by Crippen LogP contribution is -2.21. The van der Waals surface area contributed by atoms with Crippen LogP contribution in [0.25, 0.3) is 17.4 Å². The molecule has 0 unspecified atom stereocenters. The Labute approximate surface area is 245 Å². The van der Waals surface area contributed by atoms with Crippen LogP contribution in [0, 0.1) is 0 Å². The zero-order chi connectivity index (χ0) is 30.2. The molecule has 10 nitrogen and oxygen atoms in total. The molecule has 216 valence electrons. The van der Waals surface area contributed by atoms with Gasteiger partial charge in [0.05, 0.1) is 50.4 Å². The summed E-state index contributed by atoms with van der Waals surface area (Å²) in [7, 11) is 4.01. The average Bonchev–Trinajstić information content (AvgIpc) is 3.65. The molecule has 0 bridgehead atoms. The van der Waals surface area contributed by atoms with Gasteiger partial charge < -0.3 is 28.1 Å². The van der Waals surface area contributed by atoms with E-state index in [4.69, 9.17) is 28.1 Å². The number of hydrogen-bond donors (Lipinski definition) is 0. The van der Waals surface area contributed by atoms with E-state index in [-0.39, 0.29) is 40.6 Å². The third-order valence-corrected chi connectivity index (χ3v) is 7.24. The molecule has 0 N–H and O–H groups in total. The molecule has 0 saturated carbocycles. The van der Waals surface area contributed by atoms with Gasteiger partial charge in [0.1, 0.15) is 28.8 Å². The summed E-state index contributed by atoms with van der Waals surface area (Å²) in [6.07, 6.45) is 1.53. The average molecular weight is 581 g/mol. The second-order valence-corrected chi connectivity index (χ2v) is 9.75. The molecule has 1 atom stereocenters. The van der Waals surface area contributed by atoms with Crippen molar-refractivity contribution >= 4 is 29.8 Å². The highest BCUT2D eigenvalue weighted by atomic mass is 16.5. The predicted molar refractivity (Wildman–Crippen MR) is 151 cm³/mol. The van der Waals surface area contributed by atoms with E-state index in [9.17, 15) is 19.2 Å². The second kappa shape index (κ2) is 11.0. The van der Waals surface area contributed by atoms with Gasteiger partial charge in [0, 0.05) is 16.7 Å². The van der Waals surface area contributed by atoms with Crippen LogP contribution in [0.3, 0.4) is 0 Å². The highest BCUT2D eigenvalue weighted by molar-refractivity contribution is 6.15. The molecule has 0 fully saturated rings. The molecule has 0 spiro atoms. The summed E-state index contributed by atoms with van der Waals surface area (Å²) in [5.41, 5.74) is 2.15. The number of fused-ring (bicyclic) bond motifs is 3. The zero-order valence-electron chi connectivity index (χ0n) is 23.3. The first-order valence-electron chi connectivity index (χ1n) is 13.2. The summed E-state index contributed by atoms with van der Waals surface area (Å²) < 4.78 is 32.9. The lowest BCUT2D eigenvalue weighted by Gasteiger charge is -2.24. The van der Waals surface area contributed by atoms with Crippen LogP contribution in [-0.4, -0.2) is 45.0 Å². The van der Waals surface area contributed by atoms with Crippen LogP contribution in [0.5, 0.6) is 17.2 Å². The molecular weight excluding hydrogens is 556 g/mol. The molecule has 3 aromatic carbocycles. The number of methoxy groups -OCH3 is 3. The summed E-state index contributed by atoms with van der Waals surface area (Å²) in [6.45, 7) is 0. The fourth-order valence-corrected chi connectivity index (χ4v) is 5.21. The van der Waals surface area contributed by atoms with Gasteiger partial charge in [-0.3, -0.25) is 9.59 Å². The van der Waals surface area contributed by atoms with E-state index in [1.165, 1.54) is 39.5 Å². The van der Waals surface area contributed by atoms with Gasteiger partial charge in [-0.05, 0) is 54.6 Å². The molecule has 0 radical (unpaired) electrons. The van der Waals surface area contributed by atoms with Crippen molar-refractivity contribution in [3.05, 3.63) is 106 Å². The maximum absolute atomic E-state index is 13.4. The van der Waals surface area contributed by atoms with Gasteiger partial charge in [-0.15, -0.1) is 0 Å². The largest absolute Gasteiger partial charge is 0.496 e. The van der Waals surface area contributed by atoms with Crippen molar-refractivity contribution in [2.24, 2.45) is 0 Å². The molecule has 2 aliphatic heterocycles. The van der Waals surface area contributed by atoms with Gasteiger partial charge in [-0.2, -0.15) is 0 Å². The minimum Gasteiger partial charge on any atom is -0.496 e. The quantitative estimate of drug-likeness (QED) is 0.162. The minimum atomic E-state index is -0.651. The molecular formula is C33H24O10. The van der Waals surface area contributed by atoms with Gasteiger partial charge in [0.2, 0.25) is 5.78 Å². The molecule has 43 heavy (non-hydrogen) atoms. The number of carbonyl (C=O) groups is 4. The normalized spacial score (nSPS) is 16.2. The Morgan fingerprint density at radius 1 is 0.860 bits per heavy atom. The van der Waals surface area contributed by atoms with Crippen molar-refractivity contribution in [3.63, 3.8) is 0 Å². The maximum Gasteiger partial charge on any atom is 0.337 e. The number of benzene rings is 3. The first-order valence-corrected chi connectivity index (χ1v) is 13.2. The standard InChI is InChI=1S/C33H24O10/c1-38-23-7-5-4-6-17(23)15-27-30(35)21-8-9-26-29(31(21)43-27)22(16-28(34)42-26)25-11-10-24(41-25)18-12-19(32(36)39-2)14-20(13-18)33(37)40-3/h4-15,22H,16H2,1-3H3/b27-15-/t22-/m0/s1. The highest BCUT2D eigenvalue weighted by Crippen LogP contribution is 2.49. The Morgan fingerprint density at radius 3 is 2.28 bits per heavy atom. The van der Waals surface area contributed by atoms with Crippen LogP contribution >= 0.6 is 0 Å². The number of esters is 3. The number of para-hydroxylation sites is 1. The van der Waals surface area contributed by atoms with Crippen LogP contribution in [0.4, 0.5) is 0 Å². The third-order valence-electron chi connectivity index (χ3n) is 7.24. The van der Waals surface area contributed by atoms with Crippen LogP contribution in [0.15, 0.2) is 76.9 Å². The fraction of sp³-hybridized carbons (Fsp3) is 0.152. The number of carbonyl (C=O) groups excluding carboxylic acids is 4. The summed E-state index contributed by atoms with van der Waals surface area (Å²) in [5.74, 6) is -0.819. The van der Waals surface area contributed by atoms with Gasteiger partial charge in [-0.25, -0.2) is 9.59 Å². The van der Waals surface area contributed by atoms with E-state index in [0.717, 1.165) is 0 Å². The molecule has 1 aromatic heterocycles. The Morgan fingerprint density at radius 2 is 1.58 bits per heavy atom. The number of rotatable bonds is 6. The molecule has 4 aromatic rings. The number of allylic oxidation sites excluding steroid dienone is 1. The number of furan rings is 1. The van der Waals surface area contributed by atoms with E-state index >= 15 is 0 Å². The van der Waals surface area contributed by atoms with Crippen LogP contribution in [0.1, 0.15) is 60.3 Å². The van der Waals surface area contributed by atoms with E-state index < -0.39 is 23.8 Å². The lowest BCUT2D eigenvalue weighted by atomic mass is 9.88. The van der Waals surface area contributed by atoms with Crippen LogP contribution in [-0.2, 0) is 14.3 Å². The van der Waals surface area contributed by atoms with Crippen molar-refractivity contribution in [1.82, 2.24) is 0 Å². The summed E-state index contributed by atoms with van der Waals surface area (Å²) >= 11 is 0. The number of ketones is 1. The number of ether oxygens (including phenoxy) is 5. The summed E-state index contributed by atoms with van der Waals surface area (Å²) in [5, 5.41) is 0. The molecule has 10 heteroatoms. The third kappa shape index (κ3) is 4.93. The molecule has 0 aliphatic carbocycles. The SMILES string of the molecule is COC(=O)c1cc(C(=O)OC)cc(-c2ccc([C@@H]3CC(=O)Oc4ccc5c(c43)O/C(=C\c3ccccc3OC)C5=O)o2)c1. The fourth-order valence-electron chi connectivity index (χ4n) is 5.21. The van der Waals surface area contributed by atoms with Gasteiger partial charge in [0.15, 0.2) is 5.76 Å². The lowest BCUT2D eigenvalue weighted by molar-refractivity contribution is -0.135. The summed E-state index contributed by atoms with van der Waals surface area (Å²) in [4.78, 5) is 50.6. The van der Waals surface area contributed by atoms with Crippen LogP contribution < -0.4 is 14.2 Å². The number of Topliss-reactive ketones (excluding diaryl/α,β-unsaturated/α-hetero) is 1. The predicted octanol–water partition coefficient (Wildman–Crippen LogP) is 5.59. The van der Waals surface area contributed by atoms with E-state index in [1.54, 1.807) is 42.5 Å². The van der Waals surface area contributed by atoms with Gasteiger partial charge >= 0.3 is 17.9 Å². The Balaban J connectivity index is 1.41. The molecule has 0 amide bonds. The monoisotopic (exact) mass is 580 g/mol. The maximum atomic E-state index is 13.4. The van der Waals surface area contributed by atoms with Crippen LogP contribution in [0.2, 0.25) is 0 Å². The Hall–Kier alpha value is -5.64. The van der Waals surface area contributed by atoms with Crippen molar-refractivity contribution in [3.8, 4) is 28.6 Å². The first-order chi connectivity index (χ1) is 20.8. The van der Waals surface area contributed by atoms with Crippen molar-refractivity contribution in [1.29, 1.82) is 0 Å². The van der Waals surface area contributed by atoms with Gasteiger partial charge in [-0.1, -0.05) is 18.2 Å². The minimum absolute atomic E-state index is 0.0743. The Bertz CT molecular complexity index is 1810. The second-order valence-electron chi connectivity index (χ2n) is 9.75. The zero-order valence-corrected chi connectivity index (χ0v) is 23.3. The smallest absolute Gasteiger partial charge is 0.337 e. The Kier molecular flexibility index (Phi) is 7.03. The molecule has 6 rings (SSSR count). The van der Waals surface area contributed by atoms with Gasteiger partial charge in [0.25, 0.3) is 0 Å². The molecule has 2 aliphatic rings. The van der Waals surface area contributed by atoms with Crippen molar-refractivity contribution < 1.29 is 47.3 Å². The summed E-state index contributed by atoms with van der Waals surface area (Å²) in [6, 6.07) is 18.1. The van der Waals surface area contributed by atoms with E-state index in [2.05, 4.69) is 0 Å². The first kappa shape index (κ1) is 27.5. The highest BCUT2D eigenvalue weighted by Gasteiger charge is 2.40. The molecule has 3 heterocycles. The van der Waals surface area contributed by atoms with Crippen molar-refractivity contribution in [2.45, 2.75) is 12.3 Å². The van der Waals surface area contributed by atoms with Crippen molar-refractivity contribution in [2.75, 3.05) is 21.3 Å². The molecule has 0 saturated heterocycles. The van der Waals surface area contributed by atoms with E-state index in [1.807, 2.05) is 12.1 Å². The van der Waals surface area contributed by atoms with E-state index in [0.29, 0.717) is 39.5 Å². The number of hydrogen-bond acceptors (Lipinski definition) is 10.